The van der Waals surface area contributed by atoms with E-state index in [0.717, 1.165) is 12.8 Å². The second kappa shape index (κ2) is 5.05. The van der Waals surface area contributed by atoms with Crippen LogP contribution in [0.3, 0.4) is 0 Å². The molecule has 0 amide bonds. The van der Waals surface area contributed by atoms with Crippen LogP contribution in [0.1, 0.15) is 22.3 Å². The number of aromatic amines is 2. The topological polar surface area (TPSA) is 31.6 Å². The van der Waals surface area contributed by atoms with Gasteiger partial charge in [0.25, 0.3) is 0 Å². The standard InChI is InChI=1S/C26H18N2/c1-3-7-21-17(5-1)25-19-13-16-10-12-24-26(18-6-2-4-8-22(18)28-24)20(16)14-15(19)9-11-23(25)27-21/h1-12,27-28H,13-14H2. The lowest BCUT2D eigenvalue weighted by atomic mass is 9.82. The average molecular weight is 358 g/mol. The van der Waals surface area contributed by atoms with Crippen LogP contribution in [-0.2, 0) is 12.8 Å². The molecule has 2 N–H and O–H groups in total. The summed E-state index contributed by atoms with van der Waals surface area (Å²) in [6.45, 7) is 0. The SMILES string of the molecule is c1ccc2c(c1)[nH]c1ccc3c(c12)Cc1ccc2[nH]c4ccccc4c2c1C3. The zero-order valence-electron chi connectivity index (χ0n) is 15.3. The van der Waals surface area contributed by atoms with Gasteiger partial charge in [-0.2, -0.15) is 0 Å². The van der Waals surface area contributed by atoms with Gasteiger partial charge in [-0.05, 0) is 59.4 Å². The quantitative estimate of drug-likeness (QED) is 0.312. The minimum atomic E-state index is 0.999. The molecule has 2 aromatic heterocycles. The summed E-state index contributed by atoms with van der Waals surface area (Å²) in [5, 5.41) is 5.48. The molecule has 0 saturated heterocycles. The van der Waals surface area contributed by atoms with E-state index in [4.69, 9.17) is 0 Å². The Hall–Kier alpha value is -3.52. The first-order chi connectivity index (χ1) is 13.9. The Bertz CT molecular complexity index is 1440. The van der Waals surface area contributed by atoms with Gasteiger partial charge in [0.1, 0.15) is 0 Å². The minimum Gasteiger partial charge on any atom is -0.355 e. The average Bonchev–Trinajstić information content (AvgIpc) is 3.30. The zero-order chi connectivity index (χ0) is 18.2. The Labute approximate surface area is 161 Å². The summed E-state index contributed by atoms with van der Waals surface area (Å²) in [6, 6.07) is 26.5. The van der Waals surface area contributed by atoms with Crippen LogP contribution in [-0.4, -0.2) is 9.97 Å². The molecule has 0 atom stereocenters. The van der Waals surface area contributed by atoms with E-state index < -0.39 is 0 Å². The number of rotatable bonds is 0. The molecule has 2 nitrogen and oxygen atoms in total. The Morgan fingerprint density at radius 1 is 0.464 bits per heavy atom. The van der Waals surface area contributed by atoms with Crippen molar-refractivity contribution in [1.29, 1.82) is 0 Å². The van der Waals surface area contributed by atoms with Gasteiger partial charge in [-0.25, -0.2) is 0 Å². The fraction of sp³-hybridized carbons (Fsp3) is 0.0769. The van der Waals surface area contributed by atoms with Crippen molar-refractivity contribution < 1.29 is 0 Å². The number of aromatic nitrogens is 2. The highest BCUT2D eigenvalue weighted by Crippen LogP contribution is 2.40. The van der Waals surface area contributed by atoms with Crippen LogP contribution in [0.25, 0.3) is 43.6 Å². The van der Waals surface area contributed by atoms with Crippen molar-refractivity contribution in [1.82, 2.24) is 9.97 Å². The van der Waals surface area contributed by atoms with Crippen LogP contribution in [0.15, 0.2) is 72.8 Å². The van der Waals surface area contributed by atoms with E-state index in [-0.39, 0.29) is 0 Å². The number of hydrogen-bond donors (Lipinski definition) is 2. The largest absolute Gasteiger partial charge is 0.355 e. The Morgan fingerprint density at radius 3 is 1.43 bits per heavy atom. The molecule has 2 heterocycles. The van der Waals surface area contributed by atoms with Crippen molar-refractivity contribution >= 4 is 43.6 Å². The smallest absolute Gasteiger partial charge is 0.0467 e. The maximum Gasteiger partial charge on any atom is 0.0467 e. The molecule has 28 heavy (non-hydrogen) atoms. The Balaban J connectivity index is 1.54. The molecule has 0 aliphatic heterocycles. The van der Waals surface area contributed by atoms with Gasteiger partial charge in [0.2, 0.25) is 0 Å². The molecule has 0 radical (unpaired) electrons. The fourth-order valence-electron chi connectivity index (χ4n) is 5.23. The second-order valence-corrected chi connectivity index (χ2v) is 7.95. The summed E-state index contributed by atoms with van der Waals surface area (Å²) in [5.41, 5.74) is 10.8. The van der Waals surface area contributed by atoms with Crippen molar-refractivity contribution in [3.63, 3.8) is 0 Å². The van der Waals surface area contributed by atoms with Gasteiger partial charge in [0, 0.05) is 43.6 Å². The lowest BCUT2D eigenvalue weighted by Gasteiger charge is -2.22. The van der Waals surface area contributed by atoms with E-state index in [9.17, 15) is 0 Å². The minimum absolute atomic E-state index is 0.999. The van der Waals surface area contributed by atoms with Crippen LogP contribution >= 0.6 is 0 Å². The lowest BCUT2D eigenvalue weighted by Crippen LogP contribution is -2.08. The summed E-state index contributed by atoms with van der Waals surface area (Å²) >= 11 is 0. The fourth-order valence-corrected chi connectivity index (χ4v) is 5.23. The number of H-pyrrole nitrogens is 2. The summed E-state index contributed by atoms with van der Waals surface area (Å²) in [6.07, 6.45) is 2.00. The van der Waals surface area contributed by atoms with Gasteiger partial charge in [-0.1, -0.05) is 48.5 Å². The molecule has 2 heteroatoms. The van der Waals surface area contributed by atoms with Gasteiger partial charge in [0.05, 0.1) is 0 Å². The van der Waals surface area contributed by atoms with Crippen LogP contribution in [0.5, 0.6) is 0 Å². The van der Waals surface area contributed by atoms with E-state index in [1.54, 1.807) is 0 Å². The Kier molecular flexibility index (Phi) is 2.62. The van der Waals surface area contributed by atoms with Gasteiger partial charge in [0.15, 0.2) is 0 Å². The predicted molar refractivity (Wildman–Crippen MR) is 117 cm³/mol. The summed E-state index contributed by atoms with van der Waals surface area (Å²) < 4.78 is 0. The number of para-hydroxylation sites is 2. The second-order valence-electron chi connectivity index (χ2n) is 7.95. The molecule has 0 unspecified atom stereocenters. The summed E-state index contributed by atoms with van der Waals surface area (Å²) in [4.78, 5) is 7.19. The van der Waals surface area contributed by atoms with Gasteiger partial charge in [-0.15, -0.1) is 0 Å². The summed E-state index contributed by atoms with van der Waals surface area (Å²) in [7, 11) is 0. The highest BCUT2D eigenvalue weighted by molar-refractivity contribution is 6.11. The Morgan fingerprint density at radius 2 is 0.929 bits per heavy atom. The van der Waals surface area contributed by atoms with Gasteiger partial charge < -0.3 is 9.97 Å². The van der Waals surface area contributed by atoms with E-state index in [2.05, 4.69) is 82.8 Å². The number of fused-ring (bicyclic) bond motifs is 10. The van der Waals surface area contributed by atoms with Crippen molar-refractivity contribution in [2.45, 2.75) is 12.8 Å². The molecule has 1 aliphatic carbocycles. The van der Waals surface area contributed by atoms with Crippen LogP contribution in [0.2, 0.25) is 0 Å². The van der Waals surface area contributed by atoms with Crippen molar-refractivity contribution in [3.8, 4) is 0 Å². The van der Waals surface area contributed by atoms with Gasteiger partial charge >= 0.3 is 0 Å². The first-order valence-corrected chi connectivity index (χ1v) is 9.89. The number of hydrogen-bond acceptors (Lipinski definition) is 0. The monoisotopic (exact) mass is 358 g/mol. The molecular formula is C26H18N2. The molecule has 7 rings (SSSR count). The van der Waals surface area contributed by atoms with Crippen molar-refractivity contribution in [3.05, 3.63) is 95.1 Å². The van der Waals surface area contributed by atoms with Crippen LogP contribution in [0, 0.1) is 0 Å². The number of benzene rings is 4. The van der Waals surface area contributed by atoms with Crippen LogP contribution < -0.4 is 0 Å². The van der Waals surface area contributed by atoms with Crippen molar-refractivity contribution in [2.24, 2.45) is 0 Å². The highest BCUT2D eigenvalue weighted by atomic mass is 14.7. The molecule has 1 aliphatic rings. The molecule has 6 aromatic rings. The van der Waals surface area contributed by atoms with Gasteiger partial charge in [-0.3, -0.25) is 0 Å². The summed E-state index contributed by atoms with van der Waals surface area (Å²) in [5.74, 6) is 0. The third kappa shape index (κ3) is 1.77. The van der Waals surface area contributed by atoms with E-state index in [0.29, 0.717) is 0 Å². The van der Waals surface area contributed by atoms with E-state index in [1.807, 2.05) is 0 Å². The third-order valence-electron chi connectivity index (χ3n) is 6.49. The molecule has 0 bridgehead atoms. The molecule has 4 aromatic carbocycles. The first-order valence-electron chi connectivity index (χ1n) is 9.89. The maximum atomic E-state index is 3.60. The molecule has 132 valence electrons. The van der Waals surface area contributed by atoms with E-state index >= 15 is 0 Å². The predicted octanol–water partition coefficient (Wildman–Crippen LogP) is 6.45. The highest BCUT2D eigenvalue weighted by Gasteiger charge is 2.22. The molecule has 0 fully saturated rings. The third-order valence-corrected chi connectivity index (χ3v) is 6.49. The normalized spacial score (nSPS) is 13.4. The maximum absolute atomic E-state index is 3.60. The first kappa shape index (κ1) is 14.5. The van der Waals surface area contributed by atoms with E-state index in [1.165, 1.54) is 65.9 Å². The van der Waals surface area contributed by atoms with Crippen LogP contribution in [0.4, 0.5) is 0 Å². The number of nitrogens with one attached hydrogen (secondary N) is 2. The lowest BCUT2D eigenvalue weighted by molar-refractivity contribution is 1.03. The molecule has 0 saturated carbocycles. The molecule has 0 spiro atoms. The zero-order valence-corrected chi connectivity index (χ0v) is 15.3. The molecular weight excluding hydrogens is 340 g/mol. The van der Waals surface area contributed by atoms with Crippen molar-refractivity contribution in [2.75, 3.05) is 0 Å².